The summed E-state index contributed by atoms with van der Waals surface area (Å²) < 4.78 is 38.1. The van der Waals surface area contributed by atoms with Gasteiger partial charge in [-0.15, -0.1) is 0 Å². The number of benzene rings is 2. The maximum Gasteiger partial charge on any atom is 0.259 e. The van der Waals surface area contributed by atoms with Gasteiger partial charge in [-0.3, -0.25) is 9.59 Å². The van der Waals surface area contributed by atoms with E-state index in [-0.39, 0.29) is 32.1 Å². The predicted octanol–water partition coefficient (Wildman–Crippen LogP) is 2.58. The lowest BCUT2D eigenvalue weighted by Crippen LogP contribution is -2.50. The summed E-state index contributed by atoms with van der Waals surface area (Å²) in [5, 5.41) is 0. The molecule has 0 radical (unpaired) electrons. The summed E-state index contributed by atoms with van der Waals surface area (Å²) in [6.07, 6.45) is 0. The first-order valence-corrected chi connectivity index (χ1v) is 8.71. The Hall–Kier alpha value is -3.16. The van der Waals surface area contributed by atoms with Gasteiger partial charge in [0.25, 0.3) is 11.8 Å². The SMILES string of the molecule is COc1ccc(C(=O)N2CCN(C(=O)c3c(F)cccc3F)CC2)cc1OC. The number of piperazine rings is 1. The number of hydrogen-bond donors (Lipinski definition) is 0. The van der Waals surface area contributed by atoms with Crippen LogP contribution in [0.4, 0.5) is 8.78 Å². The number of halogens is 2. The Morgan fingerprint density at radius 1 is 0.821 bits per heavy atom. The molecular weight excluding hydrogens is 370 g/mol. The third-order valence-electron chi connectivity index (χ3n) is 4.66. The fraction of sp³-hybridized carbons (Fsp3) is 0.300. The van der Waals surface area contributed by atoms with Crippen molar-refractivity contribution in [1.82, 2.24) is 9.80 Å². The van der Waals surface area contributed by atoms with E-state index in [0.717, 1.165) is 12.1 Å². The average Bonchev–Trinajstić information content (AvgIpc) is 2.72. The molecule has 0 aromatic heterocycles. The van der Waals surface area contributed by atoms with Gasteiger partial charge in [0.1, 0.15) is 17.2 Å². The molecule has 1 saturated heterocycles. The van der Waals surface area contributed by atoms with Crippen LogP contribution in [-0.2, 0) is 0 Å². The second kappa shape index (κ2) is 8.24. The van der Waals surface area contributed by atoms with E-state index in [4.69, 9.17) is 9.47 Å². The van der Waals surface area contributed by atoms with Crippen LogP contribution in [0.2, 0.25) is 0 Å². The highest BCUT2D eigenvalue weighted by atomic mass is 19.1. The molecule has 1 heterocycles. The zero-order valence-corrected chi connectivity index (χ0v) is 15.6. The molecule has 0 saturated carbocycles. The van der Waals surface area contributed by atoms with Crippen LogP contribution in [0.1, 0.15) is 20.7 Å². The van der Waals surface area contributed by atoms with E-state index < -0.39 is 23.1 Å². The summed E-state index contributed by atoms with van der Waals surface area (Å²) >= 11 is 0. The van der Waals surface area contributed by atoms with Crippen LogP contribution in [0.5, 0.6) is 11.5 Å². The maximum absolute atomic E-state index is 13.8. The molecule has 0 bridgehead atoms. The molecule has 148 valence electrons. The summed E-state index contributed by atoms with van der Waals surface area (Å²) in [6, 6.07) is 8.18. The molecule has 2 amide bonds. The quantitative estimate of drug-likeness (QED) is 0.805. The van der Waals surface area contributed by atoms with Crippen molar-refractivity contribution in [3.05, 3.63) is 59.2 Å². The van der Waals surface area contributed by atoms with Crippen molar-refractivity contribution < 1.29 is 27.8 Å². The molecular formula is C20H20F2N2O4. The number of hydrogen-bond acceptors (Lipinski definition) is 4. The molecule has 0 N–H and O–H groups in total. The Labute approximate surface area is 161 Å². The van der Waals surface area contributed by atoms with Gasteiger partial charge in [0, 0.05) is 31.7 Å². The van der Waals surface area contributed by atoms with Crippen LogP contribution < -0.4 is 9.47 Å². The number of amides is 2. The number of nitrogens with zero attached hydrogens (tertiary/aromatic N) is 2. The van der Waals surface area contributed by atoms with Crippen molar-refractivity contribution in [3.8, 4) is 11.5 Å². The largest absolute Gasteiger partial charge is 0.493 e. The average molecular weight is 390 g/mol. The first-order chi connectivity index (χ1) is 13.5. The summed E-state index contributed by atoms with van der Waals surface area (Å²) in [5.41, 5.74) is -0.139. The molecule has 8 heteroatoms. The highest BCUT2D eigenvalue weighted by Gasteiger charge is 2.28. The smallest absolute Gasteiger partial charge is 0.259 e. The normalized spacial score (nSPS) is 14.0. The molecule has 1 aliphatic rings. The van der Waals surface area contributed by atoms with Crippen LogP contribution in [0.15, 0.2) is 36.4 Å². The van der Waals surface area contributed by atoms with Crippen molar-refractivity contribution in [3.63, 3.8) is 0 Å². The van der Waals surface area contributed by atoms with Crippen LogP contribution in [-0.4, -0.2) is 62.0 Å². The fourth-order valence-electron chi connectivity index (χ4n) is 3.12. The maximum atomic E-state index is 13.8. The van der Waals surface area contributed by atoms with Gasteiger partial charge in [0.05, 0.1) is 14.2 Å². The molecule has 6 nitrogen and oxygen atoms in total. The molecule has 2 aromatic rings. The molecule has 1 aliphatic heterocycles. The van der Waals surface area contributed by atoms with E-state index in [1.54, 1.807) is 23.1 Å². The minimum Gasteiger partial charge on any atom is -0.493 e. The van der Waals surface area contributed by atoms with Crippen LogP contribution in [0.3, 0.4) is 0 Å². The van der Waals surface area contributed by atoms with Gasteiger partial charge >= 0.3 is 0 Å². The zero-order chi connectivity index (χ0) is 20.3. The first-order valence-electron chi connectivity index (χ1n) is 8.71. The summed E-state index contributed by atoms with van der Waals surface area (Å²) in [5.74, 6) is -1.76. The topological polar surface area (TPSA) is 59.1 Å². The Morgan fingerprint density at radius 2 is 1.36 bits per heavy atom. The van der Waals surface area contributed by atoms with Gasteiger partial charge in [-0.25, -0.2) is 8.78 Å². The van der Waals surface area contributed by atoms with Crippen molar-refractivity contribution in [1.29, 1.82) is 0 Å². The number of carbonyl (C=O) groups excluding carboxylic acids is 2. The summed E-state index contributed by atoms with van der Waals surface area (Å²) in [4.78, 5) is 28.1. The third-order valence-corrected chi connectivity index (χ3v) is 4.66. The monoisotopic (exact) mass is 390 g/mol. The van der Waals surface area contributed by atoms with Crippen molar-refractivity contribution in [2.24, 2.45) is 0 Å². The Kier molecular flexibility index (Phi) is 5.77. The second-order valence-electron chi connectivity index (χ2n) is 6.25. The number of methoxy groups -OCH3 is 2. The van der Waals surface area contributed by atoms with E-state index in [2.05, 4.69) is 0 Å². The Bertz CT molecular complexity index is 876. The van der Waals surface area contributed by atoms with Gasteiger partial charge < -0.3 is 19.3 Å². The highest BCUT2D eigenvalue weighted by molar-refractivity contribution is 5.96. The van der Waals surface area contributed by atoms with Gasteiger partial charge in [-0.05, 0) is 30.3 Å². The molecule has 0 aliphatic carbocycles. The van der Waals surface area contributed by atoms with Crippen molar-refractivity contribution >= 4 is 11.8 Å². The summed E-state index contributed by atoms with van der Waals surface area (Å²) in [7, 11) is 2.99. The van der Waals surface area contributed by atoms with Gasteiger partial charge in [0.15, 0.2) is 11.5 Å². The molecule has 0 atom stereocenters. The van der Waals surface area contributed by atoms with Crippen molar-refractivity contribution in [2.75, 3.05) is 40.4 Å². The van der Waals surface area contributed by atoms with Crippen molar-refractivity contribution in [2.45, 2.75) is 0 Å². The van der Waals surface area contributed by atoms with E-state index in [1.807, 2.05) is 0 Å². The lowest BCUT2D eigenvalue weighted by Gasteiger charge is -2.35. The molecule has 0 spiro atoms. The Morgan fingerprint density at radius 3 is 1.89 bits per heavy atom. The number of ether oxygens (including phenoxy) is 2. The van der Waals surface area contributed by atoms with Gasteiger partial charge in [-0.2, -0.15) is 0 Å². The van der Waals surface area contributed by atoms with Crippen LogP contribution in [0, 0.1) is 11.6 Å². The Balaban J connectivity index is 1.68. The second-order valence-corrected chi connectivity index (χ2v) is 6.25. The minimum absolute atomic E-state index is 0.186. The number of carbonyl (C=O) groups is 2. The van der Waals surface area contributed by atoms with E-state index in [0.29, 0.717) is 17.1 Å². The van der Waals surface area contributed by atoms with Crippen LogP contribution in [0.25, 0.3) is 0 Å². The molecule has 28 heavy (non-hydrogen) atoms. The van der Waals surface area contributed by atoms with Gasteiger partial charge in [0.2, 0.25) is 0 Å². The lowest BCUT2D eigenvalue weighted by atomic mass is 10.1. The van der Waals surface area contributed by atoms with E-state index >= 15 is 0 Å². The molecule has 3 rings (SSSR count). The standard InChI is InChI=1S/C20H20F2N2O4/c1-27-16-7-6-13(12-17(16)28-2)19(25)23-8-10-24(11-9-23)20(26)18-14(21)4-3-5-15(18)22/h3-7,12H,8-11H2,1-2H3. The lowest BCUT2D eigenvalue weighted by molar-refractivity contribution is 0.0529. The highest BCUT2D eigenvalue weighted by Crippen LogP contribution is 2.28. The third kappa shape index (κ3) is 3.76. The van der Waals surface area contributed by atoms with Crippen LogP contribution >= 0.6 is 0 Å². The number of rotatable bonds is 4. The first kappa shape index (κ1) is 19.6. The van der Waals surface area contributed by atoms with E-state index in [9.17, 15) is 18.4 Å². The molecule has 1 fully saturated rings. The molecule has 0 unspecified atom stereocenters. The zero-order valence-electron chi connectivity index (χ0n) is 15.6. The fourth-order valence-corrected chi connectivity index (χ4v) is 3.12. The van der Waals surface area contributed by atoms with E-state index in [1.165, 1.54) is 25.2 Å². The summed E-state index contributed by atoms with van der Waals surface area (Å²) in [6.45, 7) is 0.890. The predicted molar refractivity (Wildman–Crippen MR) is 97.7 cm³/mol. The minimum atomic E-state index is -0.895. The molecule has 2 aromatic carbocycles. The van der Waals surface area contributed by atoms with Gasteiger partial charge in [-0.1, -0.05) is 6.07 Å².